The molecule has 0 saturated carbocycles. The molecule has 0 radical (unpaired) electrons. The van der Waals surface area contributed by atoms with Gasteiger partial charge in [0.05, 0.1) is 6.10 Å². The number of aliphatic hydroxyl groups excluding tert-OH is 1. The fourth-order valence-electron chi connectivity index (χ4n) is 2.90. The van der Waals surface area contributed by atoms with Crippen LogP contribution in [0.1, 0.15) is 11.7 Å². The molecule has 0 aliphatic carbocycles. The first-order valence-corrected chi connectivity index (χ1v) is 8.34. The smallest absolute Gasteiger partial charge is 0.227 e. The molecule has 1 aromatic heterocycles. The van der Waals surface area contributed by atoms with Gasteiger partial charge in [-0.3, -0.25) is 4.90 Å². The lowest BCUT2D eigenvalue weighted by molar-refractivity contribution is 0.109. The third-order valence-corrected chi connectivity index (χ3v) is 4.36. The molecule has 6 heteroatoms. The van der Waals surface area contributed by atoms with E-state index in [9.17, 15) is 5.11 Å². The first-order valence-electron chi connectivity index (χ1n) is 8.34. The molecule has 2 heterocycles. The van der Waals surface area contributed by atoms with E-state index in [0.717, 1.165) is 43.5 Å². The summed E-state index contributed by atoms with van der Waals surface area (Å²) in [6.07, 6.45) is 1.37. The van der Waals surface area contributed by atoms with Crippen molar-refractivity contribution in [2.24, 2.45) is 0 Å². The average Bonchev–Trinajstić information content (AvgIpc) is 2.63. The van der Waals surface area contributed by atoms with Gasteiger partial charge in [-0.05, 0) is 11.6 Å². The van der Waals surface area contributed by atoms with E-state index in [1.54, 1.807) is 0 Å². The Balaban J connectivity index is 1.55. The van der Waals surface area contributed by atoms with E-state index in [1.807, 2.05) is 61.6 Å². The predicted octanol–water partition coefficient (Wildman–Crippen LogP) is 1.40. The van der Waals surface area contributed by atoms with Gasteiger partial charge in [0, 0.05) is 53.0 Å². The monoisotopic (exact) mass is 327 g/mol. The summed E-state index contributed by atoms with van der Waals surface area (Å²) < 4.78 is 0. The Kier molecular flexibility index (Phi) is 5.27. The van der Waals surface area contributed by atoms with Crippen LogP contribution in [-0.4, -0.2) is 66.8 Å². The predicted molar refractivity (Wildman–Crippen MR) is 96.4 cm³/mol. The Morgan fingerprint density at radius 3 is 2.46 bits per heavy atom. The van der Waals surface area contributed by atoms with Gasteiger partial charge in [0.25, 0.3) is 0 Å². The number of aliphatic hydroxyl groups is 1. The second-order valence-corrected chi connectivity index (χ2v) is 6.32. The molecule has 0 amide bonds. The molecule has 6 nitrogen and oxygen atoms in total. The number of anilines is 2. The number of piperazine rings is 1. The summed E-state index contributed by atoms with van der Waals surface area (Å²) in [6, 6.07) is 11.8. The van der Waals surface area contributed by atoms with E-state index in [1.165, 1.54) is 0 Å². The van der Waals surface area contributed by atoms with Crippen LogP contribution >= 0.6 is 0 Å². The molecule has 1 atom stereocenters. The molecule has 0 bridgehead atoms. The maximum absolute atomic E-state index is 10.4. The largest absolute Gasteiger partial charge is 0.387 e. The quantitative estimate of drug-likeness (QED) is 0.896. The van der Waals surface area contributed by atoms with Crippen molar-refractivity contribution in [1.29, 1.82) is 0 Å². The highest BCUT2D eigenvalue weighted by Gasteiger charge is 2.21. The number of rotatable bonds is 5. The molecule has 1 aliphatic heterocycles. The molecule has 1 saturated heterocycles. The maximum atomic E-state index is 10.4. The lowest BCUT2D eigenvalue weighted by Gasteiger charge is -2.35. The minimum absolute atomic E-state index is 0.439. The summed E-state index contributed by atoms with van der Waals surface area (Å²) in [5.74, 6) is 1.70. The minimum Gasteiger partial charge on any atom is -0.387 e. The first kappa shape index (κ1) is 16.7. The molecule has 128 valence electrons. The van der Waals surface area contributed by atoms with Crippen molar-refractivity contribution >= 4 is 11.8 Å². The Morgan fingerprint density at radius 1 is 1.08 bits per heavy atom. The van der Waals surface area contributed by atoms with Gasteiger partial charge in [0.2, 0.25) is 5.95 Å². The molecule has 1 aromatic carbocycles. The highest BCUT2D eigenvalue weighted by atomic mass is 16.3. The third-order valence-electron chi connectivity index (χ3n) is 4.36. The van der Waals surface area contributed by atoms with Crippen molar-refractivity contribution in [3.63, 3.8) is 0 Å². The standard InChI is InChI=1S/C18H25N5O/c1-21(2)17-8-9-19-18(20-17)23-12-10-22(11-13-23)14-16(24)15-6-4-3-5-7-15/h3-9,16,24H,10-14H2,1-2H3. The summed E-state index contributed by atoms with van der Waals surface area (Å²) in [7, 11) is 3.96. The van der Waals surface area contributed by atoms with Gasteiger partial charge in [0.15, 0.2) is 0 Å². The van der Waals surface area contributed by atoms with Crippen LogP contribution in [0.15, 0.2) is 42.6 Å². The maximum Gasteiger partial charge on any atom is 0.227 e. The van der Waals surface area contributed by atoms with Crippen molar-refractivity contribution in [2.75, 3.05) is 56.6 Å². The number of aromatic nitrogens is 2. The Morgan fingerprint density at radius 2 is 1.79 bits per heavy atom. The highest BCUT2D eigenvalue weighted by Crippen LogP contribution is 2.18. The summed E-state index contributed by atoms with van der Waals surface area (Å²) in [6.45, 7) is 4.21. The van der Waals surface area contributed by atoms with Crippen molar-refractivity contribution in [3.8, 4) is 0 Å². The van der Waals surface area contributed by atoms with Gasteiger partial charge in [-0.15, -0.1) is 0 Å². The molecule has 24 heavy (non-hydrogen) atoms. The lowest BCUT2D eigenvalue weighted by atomic mass is 10.1. The van der Waals surface area contributed by atoms with Crippen LogP contribution < -0.4 is 9.80 Å². The van der Waals surface area contributed by atoms with Crippen LogP contribution in [0, 0.1) is 0 Å². The summed E-state index contributed by atoms with van der Waals surface area (Å²) in [5, 5.41) is 10.4. The molecule has 0 spiro atoms. The van der Waals surface area contributed by atoms with Gasteiger partial charge < -0.3 is 14.9 Å². The second kappa shape index (κ2) is 7.59. The van der Waals surface area contributed by atoms with Crippen LogP contribution in [0.4, 0.5) is 11.8 Å². The number of hydrogen-bond donors (Lipinski definition) is 1. The topological polar surface area (TPSA) is 55.7 Å². The summed E-state index contributed by atoms with van der Waals surface area (Å²) >= 11 is 0. The fourth-order valence-corrected chi connectivity index (χ4v) is 2.90. The molecule has 3 rings (SSSR count). The van der Waals surface area contributed by atoms with E-state index < -0.39 is 6.10 Å². The Labute approximate surface area is 143 Å². The number of β-amino-alcohol motifs (C(OH)–C–C–N with tert-alkyl or cyclic N) is 1. The first-order chi connectivity index (χ1) is 11.6. The SMILES string of the molecule is CN(C)c1ccnc(N2CCN(CC(O)c3ccccc3)CC2)n1. The summed E-state index contributed by atoms with van der Waals surface area (Å²) in [5.41, 5.74) is 0.974. The molecule has 1 N–H and O–H groups in total. The van der Waals surface area contributed by atoms with E-state index in [4.69, 9.17) is 0 Å². The highest BCUT2D eigenvalue weighted by molar-refractivity contribution is 5.42. The minimum atomic E-state index is -0.439. The van der Waals surface area contributed by atoms with Crippen LogP contribution in [0.5, 0.6) is 0 Å². The molecule has 2 aromatic rings. The zero-order chi connectivity index (χ0) is 16.9. The van der Waals surface area contributed by atoms with E-state index in [0.29, 0.717) is 6.54 Å². The Hall–Kier alpha value is -2.18. The van der Waals surface area contributed by atoms with Crippen molar-refractivity contribution in [2.45, 2.75) is 6.10 Å². The lowest BCUT2D eigenvalue weighted by Crippen LogP contribution is -2.48. The van der Waals surface area contributed by atoms with Crippen LogP contribution in [0.3, 0.4) is 0 Å². The third kappa shape index (κ3) is 4.01. The zero-order valence-corrected chi connectivity index (χ0v) is 14.3. The number of benzene rings is 1. The molecular weight excluding hydrogens is 302 g/mol. The van der Waals surface area contributed by atoms with Crippen molar-refractivity contribution in [3.05, 3.63) is 48.2 Å². The fraction of sp³-hybridized carbons (Fsp3) is 0.444. The normalized spacial score (nSPS) is 16.9. The molecular formula is C18H25N5O. The van der Waals surface area contributed by atoms with Crippen LogP contribution in [-0.2, 0) is 0 Å². The molecule has 1 unspecified atom stereocenters. The van der Waals surface area contributed by atoms with Gasteiger partial charge in [0.1, 0.15) is 5.82 Å². The summed E-state index contributed by atoms with van der Waals surface area (Å²) in [4.78, 5) is 15.5. The number of nitrogens with zero attached hydrogens (tertiary/aromatic N) is 5. The van der Waals surface area contributed by atoms with E-state index in [2.05, 4.69) is 19.8 Å². The second-order valence-electron chi connectivity index (χ2n) is 6.32. The average molecular weight is 327 g/mol. The van der Waals surface area contributed by atoms with Crippen molar-refractivity contribution < 1.29 is 5.11 Å². The van der Waals surface area contributed by atoms with E-state index >= 15 is 0 Å². The Bertz CT molecular complexity index is 641. The van der Waals surface area contributed by atoms with E-state index in [-0.39, 0.29) is 0 Å². The van der Waals surface area contributed by atoms with Crippen LogP contribution in [0.2, 0.25) is 0 Å². The number of hydrogen-bond acceptors (Lipinski definition) is 6. The van der Waals surface area contributed by atoms with Gasteiger partial charge in [-0.25, -0.2) is 4.98 Å². The van der Waals surface area contributed by atoms with Gasteiger partial charge in [-0.2, -0.15) is 4.98 Å². The molecule has 1 aliphatic rings. The van der Waals surface area contributed by atoms with Gasteiger partial charge in [-0.1, -0.05) is 30.3 Å². The zero-order valence-electron chi connectivity index (χ0n) is 14.3. The van der Waals surface area contributed by atoms with Gasteiger partial charge >= 0.3 is 0 Å². The van der Waals surface area contributed by atoms with Crippen molar-refractivity contribution in [1.82, 2.24) is 14.9 Å². The van der Waals surface area contributed by atoms with Crippen LogP contribution in [0.25, 0.3) is 0 Å². The molecule has 1 fully saturated rings.